The summed E-state index contributed by atoms with van der Waals surface area (Å²) in [5, 5.41) is 0. The fourth-order valence-electron chi connectivity index (χ4n) is 3.39. The van der Waals surface area contributed by atoms with Crippen molar-refractivity contribution in [1.29, 1.82) is 0 Å². The first-order valence-corrected chi connectivity index (χ1v) is 8.61. The molecule has 20 heavy (non-hydrogen) atoms. The minimum atomic E-state index is -0.215. The van der Waals surface area contributed by atoms with E-state index in [1.807, 2.05) is 6.92 Å². The van der Waals surface area contributed by atoms with Gasteiger partial charge in [0.05, 0.1) is 5.69 Å². The molecule has 1 saturated heterocycles. The van der Waals surface area contributed by atoms with Crippen LogP contribution >= 0.6 is 11.8 Å². The molecule has 1 aliphatic carbocycles. The topological polar surface area (TPSA) is 29.0 Å². The van der Waals surface area contributed by atoms with Crippen LogP contribution in [0.5, 0.6) is 0 Å². The highest BCUT2D eigenvalue weighted by Crippen LogP contribution is 2.43. The van der Waals surface area contributed by atoms with Gasteiger partial charge in [0.1, 0.15) is 6.33 Å². The molecule has 0 unspecified atom stereocenters. The summed E-state index contributed by atoms with van der Waals surface area (Å²) < 4.78 is 14.8. The Labute approximate surface area is 124 Å². The lowest BCUT2D eigenvalue weighted by atomic mass is 9.87. The maximum absolute atomic E-state index is 14.4. The van der Waals surface area contributed by atoms with E-state index in [2.05, 4.69) is 26.6 Å². The summed E-state index contributed by atoms with van der Waals surface area (Å²) in [6, 6.07) is 0. The molecular weight excluding hydrogens is 273 g/mol. The van der Waals surface area contributed by atoms with Crippen LogP contribution in [0.3, 0.4) is 0 Å². The lowest BCUT2D eigenvalue weighted by Gasteiger charge is -2.45. The normalized spacial score (nSPS) is 22.2. The van der Waals surface area contributed by atoms with Crippen molar-refractivity contribution in [3.63, 3.8) is 0 Å². The van der Waals surface area contributed by atoms with E-state index in [1.54, 1.807) is 0 Å². The standard InChI is InChI=1S/C15H22FN3S/c1-2-12-13(16)14(18-11-17-12)19-8-9-20-15(10-19)6-4-3-5-7-15/h11H,2-10H2,1H3. The van der Waals surface area contributed by atoms with Gasteiger partial charge in [-0.1, -0.05) is 26.2 Å². The number of hydrogen-bond acceptors (Lipinski definition) is 4. The van der Waals surface area contributed by atoms with Crippen LogP contribution in [0.25, 0.3) is 0 Å². The van der Waals surface area contributed by atoms with Gasteiger partial charge in [-0.3, -0.25) is 0 Å². The molecule has 2 fully saturated rings. The SMILES string of the molecule is CCc1ncnc(N2CCSC3(CCCCC3)C2)c1F. The van der Waals surface area contributed by atoms with Crippen molar-refractivity contribution >= 4 is 17.6 Å². The zero-order chi connectivity index (χ0) is 14.0. The van der Waals surface area contributed by atoms with Crippen LogP contribution in [0.4, 0.5) is 10.2 Å². The molecule has 0 atom stereocenters. The molecule has 1 aliphatic heterocycles. The molecule has 5 heteroatoms. The Bertz CT molecular complexity index is 469. The number of aromatic nitrogens is 2. The van der Waals surface area contributed by atoms with Crippen LogP contribution in [0.1, 0.15) is 44.7 Å². The molecule has 1 spiro atoms. The van der Waals surface area contributed by atoms with Crippen LogP contribution in [0.15, 0.2) is 6.33 Å². The van der Waals surface area contributed by atoms with E-state index in [9.17, 15) is 4.39 Å². The highest BCUT2D eigenvalue weighted by molar-refractivity contribution is 8.00. The van der Waals surface area contributed by atoms with Crippen molar-refractivity contribution in [2.45, 2.75) is 50.2 Å². The van der Waals surface area contributed by atoms with Crippen molar-refractivity contribution in [3.8, 4) is 0 Å². The molecule has 0 radical (unpaired) electrons. The number of rotatable bonds is 2. The van der Waals surface area contributed by atoms with Crippen molar-refractivity contribution in [2.75, 3.05) is 23.7 Å². The Hall–Kier alpha value is -0.840. The Kier molecular flexibility index (Phi) is 4.15. The van der Waals surface area contributed by atoms with E-state index in [4.69, 9.17) is 0 Å². The summed E-state index contributed by atoms with van der Waals surface area (Å²) in [5.74, 6) is 1.38. The average molecular weight is 295 g/mol. The average Bonchev–Trinajstić information content (AvgIpc) is 2.48. The van der Waals surface area contributed by atoms with Gasteiger partial charge in [0.15, 0.2) is 11.6 Å². The molecule has 3 rings (SSSR count). The van der Waals surface area contributed by atoms with E-state index >= 15 is 0 Å². The summed E-state index contributed by atoms with van der Waals surface area (Å²) >= 11 is 2.09. The molecule has 1 saturated carbocycles. The van der Waals surface area contributed by atoms with Crippen molar-refractivity contribution in [2.24, 2.45) is 0 Å². The van der Waals surface area contributed by atoms with Crippen LogP contribution in [-0.4, -0.2) is 33.6 Å². The Morgan fingerprint density at radius 2 is 2.10 bits per heavy atom. The number of anilines is 1. The molecule has 1 aromatic rings. The number of halogens is 1. The van der Waals surface area contributed by atoms with Gasteiger partial charge < -0.3 is 4.90 Å². The molecular formula is C15H22FN3S. The van der Waals surface area contributed by atoms with E-state index in [0.29, 0.717) is 22.7 Å². The fraction of sp³-hybridized carbons (Fsp3) is 0.733. The lowest BCUT2D eigenvalue weighted by molar-refractivity contribution is 0.388. The van der Waals surface area contributed by atoms with Gasteiger partial charge >= 0.3 is 0 Å². The number of thioether (sulfide) groups is 1. The van der Waals surface area contributed by atoms with Gasteiger partial charge in [-0.25, -0.2) is 14.4 Å². The maximum atomic E-state index is 14.4. The Morgan fingerprint density at radius 3 is 2.85 bits per heavy atom. The summed E-state index contributed by atoms with van der Waals surface area (Å²) in [6.45, 7) is 3.77. The van der Waals surface area contributed by atoms with Gasteiger partial charge in [-0.2, -0.15) is 11.8 Å². The molecule has 3 nitrogen and oxygen atoms in total. The molecule has 0 amide bonds. The van der Waals surface area contributed by atoms with Gasteiger partial charge in [-0.05, 0) is 19.3 Å². The fourth-order valence-corrected chi connectivity index (χ4v) is 4.96. The predicted octanol–water partition coefficient (Wildman–Crippen LogP) is 3.43. The molecule has 2 heterocycles. The van der Waals surface area contributed by atoms with Gasteiger partial charge in [0, 0.05) is 23.6 Å². The van der Waals surface area contributed by atoms with E-state index in [0.717, 1.165) is 18.8 Å². The number of hydrogen-bond donors (Lipinski definition) is 0. The molecule has 0 aromatic carbocycles. The predicted molar refractivity (Wildman–Crippen MR) is 81.9 cm³/mol. The Balaban J connectivity index is 1.83. The second kappa shape index (κ2) is 5.88. The van der Waals surface area contributed by atoms with Crippen molar-refractivity contribution < 1.29 is 4.39 Å². The second-order valence-corrected chi connectivity index (χ2v) is 7.39. The quantitative estimate of drug-likeness (QED) is 0.836. The van der Waals surface area contributed by atoms with Gasteiger partial charge in [0.25, 0.3) is 0 Å². The molecule has 2 aliphatic rings. The molecule has 0 bridgehead atoms. The van der Waals surface area contributed by atoms with Crippen LogP contribution in [-0.2, 0) is 6.42 Å². The first-order chi connectivity index (χ1) is 9.74. The maximum Gasteiger partial charge on any atom is 0.187 e. The third-order valence-corrected chi connectivity index (χ3v) is 6.03. The first-order valence-electron chi connectivity index (χ1n) is 7.62. The third-order valence-electron chi connectivity index (χ3n) is 4.49. The summed E-state index contributed by atoms with van der Waals surface area (Å²) in [4.78, 5) is 10.4. The first kappa shape index (κ1) is 14.1. The third kappa shape index (κ3) is 2.65. The summed E-state index contributed by atoms with van der Waals surface area (Å²) in [6.07, 6.45) is 8.63. The highest BCUT2D eigenvalue weighted by Gasteiger charge is 2.38. The summed E-state index contributed by atoms with van der Waals surface area (Å²) in [5.41, 5.74) is 0.533. The number of nitrogens with zero attached hydrogens (tertiary/aromatic N) is 3. The largest absolute Gasteiger partial charge is 0.352 e. The summed E-state index contributed by atoms with van der Waals surface area (Å²) in [7, 11) is 0. The monoisotopic (exact) mass is 295 g/mol. The van der Waals surface area contributed by atoms with Gasteiger partial charge in [-0.15, -0.1) is 0 Å². The zero-order valence-corrected chi connectivity index (χ0v) is 12.9. The van der Waals surface area contributed by atoms with Gasteiger partial charge in [0.2, 0.25) is 0 Å². The molecule has 0 N–H and O–H groups in total. The lowest BCUT2D eigenvalue weighted by Crippen LogP contribution is -2.48. The second-order valence-electron chi connectivity index (χ2n) is 5.83. The highest BCUT2D eigenvalue weighted by atomic mass is 32.2. The van der Waals surface area contributed by atoms with Crippen LogP contribution in [0, 0.1) is 5.82 Å². The minimum Gasteiger partial charge on any atom is -0.352 e. The van der Waals surface area contributed by atoms with E-state index < -0.39 is 0 Å². The van der Waals surface area contributed by atoms with Crippen LogP contribution < -0.4 is 4.90 Å². The number of aryl methyl sites for hydroxylation is 1. The van der Waals surface area contributed by atoms with Crippen LogP contribution in [0.2, 0.25) is 0 Å². The molecule has 1 aromatic heterocycles. The van der Waals surface area contributed by atoms with Crippen molar-refractivity contribution in [1.82, 2.24) is 9.97 Å². The van der Waals surface area contributed by atoms with Crippen molar-refractivity contribution in [3.05, 3.63) is 17.8 Å². The van der Waals surface area contributed by atoms with E-state index in [1.165, 1.54) is 38.4 Å². The smallest absolute Gasteiger partial charge is 0.187 e. The Morgan fingerprint density at radius 1 is 1.30 bits per heavy atom. The van der Waals surface area contributed by atoms with E-state index in [-0.39, 0.29) is 5.82 Å². The minimum absolute atomic E-state index is 0.215. The zero-order valence-electron chi connectivity index (χ0n) is 12.1. The molecule has 110 valence electrons.